The topological polar surface area (TPSA) is 87.7 Å². The molecule has 0 fully saturated rings. The molecule has 0 bridgehead atoms. The van der Waals surface area contributed by atoms with Crippen molar-refractivity contribution in [1.82, 2.24) is 0 Å². The fraction of sp³-hybridized carbons (Fsp3) is 0.111. The first-order valence-corrected chi connectivity index (χ1v) is 10.2. The third kappa shape index (κ3) is 3.09. The van der Waals surface area contributed by atoms with Crippen molar-refractivity contribution in [3.63, 3.8) is 0 Å². The lowest BCUT2D eigenvalue weighted by molar-refractivity contribution is 0.310. The number of phenols is 1. The van der Waals surface area contributed by atoms with E-state index in [0.29, 0.717) is 17.1 Å². The fourth-order valence-electron chi connectivity index (χ4n) is 2.73. The quantitative estimate of drug-likeness (QED) is 0.585. The Morgan fingerprint density at radius 1 is 1.19 bits per heavy atom. The minimum Gasteiger partial charge on any atom is -0.508 e. The molecule has 3 N–H and O–H groups in total. The number of aromatic hydroxyl groups is 1. The molecular formula is C18H16N2O4S2. The van der Waals surface area contributed by atoms with Crippen molar-refractivity contribution in [2.75, 3.05) is 10.0 Å². The van der Waals surface area contributed by atoms with Crippen LogP contribution in [0.25, 0.3) is 0 Å². The van der Waals surface area contributed by atoms with Gasteiger partial charge in [0, 0.05) is 16.1 Å². The average Bonchev–Trinajstić information content (AvgIpc) is 2.95. The Labute approximate surface area is 155 Å². The van der Waals surface area contributed by atoms with Crippen molar-refractivity contribution in [2.24, 2.45) is 0 Å². The maximum absolute atomic E-state index is 12.7. The molecular weight excluding hydrogens is 372 g/mol. The number of hydrogen-bond acceptors (Lipinski definition) is 6. The zero-order valence-corrected chi connectivity index (χ0v) is 15.4. The molecule has 0 unspecified atom stereocenters. The summed E-state index contributed by atoms with van der Waals surface area (Å²) >= 11 is 1.22. The first-order valence-electron chi connectivity index (χ1n) is 7.86. The van der Waals surface area contributed by atoms with Crippen LogP contribution in [0.3, 0.4) is 0 Å². The van der Waals surface area contributed by atoms with Gasteiger partial charge in [-0.05, 0) is 49.4 Å². The molecule has 0 spiro atoms. The molecule has 0 saturated heterocycles. The highest BCUT2D eigenvalue weighted by molar-refractivity contribution is 7.94. The first kappa shape index (κ1) is 16.7. The first-order chi connectivity index (χ1) is 12.4. The molecule has 1 aromatic heterocycles. The number of aryl methyl sites for hydroxylation is 1. The molecule has 0 saturated carbocycles. The van der Waals surface area contributed by atoms with E-state index in [-0.39, 0.29) is 16.6 Å². The van der Waals surface area contributed by atoms with Gasteiger partial charge in [0.1, 0.15) is 28.0 Å². The second-order valence-corrected chi connectivity index (χ2v) is 9.10. The fourth-order valence-corrected chi connectivity index (χ4v) is 5.08. The number of phenolic OH excluding ortho intramolecular Hbond substituents is 1. The van der Waals surface area contributed by atoms with Crippen molar-refractivity contribution in [3.8, 4) is 11.5 Å². The molecule has 1 aliphatic rings. The van der Waals surface area contributed by atoms with Crippen LogP contribution in [0.2, 0.25) is 0 Å². The largest absolute Gasteiger partial charge is 0.508 e. The summed E-state index contributed by atoms with van der Waals surface area (Å²) in [7, 11) is -3.69. The van der Waals surface area contributed by atoms with Gasteiger partial charge < -0.3 is 15.2 Å². The van der Waals surface area contributed by atoms with Gasteiger partial charge in [-0.3, -0.25) is 4.72 Å². The van der Waals surface area contributed by atoms with Gasteiger partial charge in [-0.25, -0.2) is 8.42 Å². The molecule has 4 rings (SSSR count). The normalized spacial score (nSPS) is 13.0. The molecule has 134 valence electrons. The lowest BCUT2D eigenvalue weighted by atomic mass is 10.1. The summed E-state index contributed by atoms with van der Waals surface area (Å²) in [4.78, 5) is 0.924. The summed E-state index contributed by atoms with van der Waals surface area (Å²) in [6.07, 6.45) is 0. The minimum atomic E-state index is -3.69. The van der Waals surface area contributed by atoms with E-state index in [1.165, 1.54) is 11.3 Å². The predicted octanol–water partition coefficient (Wildman–Crippen LogP) is 4.20. The number of ether oxygens (including phenoxy) is 1. The molecule has 0 atom stereocenters. The summed E-state index contributed by atoms with van der Waals surface area (Å²) in [5, 5.41) is 12.9. The van der Waals surface area contributed by atoms with Crippen LogP contribution in [0, 0.1) is 6.92 Å². The molecule has 0 amide bonds. The van der Waals surface area contributed by atoms with E-state index in [4.69, 9.17) is 4.74 Å². The smallest absolute Gasteiger partial charge is 0.271 e. The second kappa shape index (κ2) is 6.22. The van der Waals surface area contributed by atoms with Gasteiger partial charge in [0.2, 0.25) is 0 Å². The maximum Gasteiger partial charge on any atom is 0.271 e. The molecule has 8 heteroatoms. The Bertz CT molecular complexity index is 1090. The van der Waals surface area contributed by atoms with Crippen LogP contribution in [0.4, 0.5) is 17.1 Å². The van der Waals surface area contributed by atoms with E-state index >= 15 is 0 Å². The van der Waals surface area contributed by atoms with Crippen LogP contribution in [0.15, 0.2) is 52.7 Å². The third-order valence-corrected chi connectivity index (χ3v) is 6.84. The van der Waals surface area contributed by atoms with Crippen molar-refractivity contribution in [2.45, 2.75) is 17.7 Å². The highest BCUT2D eigenvalue weighted by Crippen LogP contribution is 2.40. The molecule has 3 aromatic rings. The number of rotatable bonds is 3. The van der Waals surface area contributed by atoms with Crippen molar-refractivity contribution >= 4 is 38.4 Å². The van der Waals surface area contributed by atoms with Crippen LogP contribution in [-0.2, 0) is 16.6 Å². The van der Waals surface area contributed by atoms with Crippen LogP contribution >= 0.6 is 11.3 Å². The Kier molecular flexibility index (Phi) is 4.01. The van der Waals surface area contributed by atoms with Crippen molar-refractivity contribution < 1.29 is 18.3 Å². The van der Waals surface area contributed by atoms with Gasteiger partial charge >= 0.3 is 0 Å². The Hall–Kier alpha value is -2.71. The highest BCUT2D eigenvalue weighted by Gasteiger charge is 2.22. The Morgan fingerprint density at radius 2 is 2.04 bits per heavy atom. The summed E-state index contributed by atoms with van der Waals surface area (Å²) < 4.78 is 34.0. The number of fused-ring (bicyclic) bond motifs is 2. The van der Waals surface area contributed by atoms with Crippen molar-refractivity contribution in [3.05, 3.63) is 59.0 Å². The molecule has 1 aliphatic heterocycles. The van der Waals surface area contributed by atoms with Crippen LogP contribution in [0.5, 0.6) is 11.5 Å². The summed E-state index contributed by atoms with van der Waals surface area (Å²) in [6.45, 7) is 2.13. The van der Waals surface area contributed by atoms with E-state index in [1.807, 2.05) is 6.92 Å². The highest BCUT2D eigenvalue weighted by atomic mass is 32.2. The summed E-state index contributed by atoms with van der Waals surface area (Å²) in [5.41, 5.74) is 2.47. The van der Waals surface area contributed by atoms with E-state index in [9.17, 15) is 13.5 Å². The third-order valence-electron chi connectivity index (χ3n) is 3.98. The maximum atomic E-state index is 12.7. The molecule has 0 aliphatic carbocycles. The van der Waals surface area contributed by atoms with E-state index in [2.05, 4.69) is 10.0 Å². The average molecular weight is 388 g/mol. The number of para-hydroxylation sites is 1. The lowest BCUT2D eigenvalue weighted by Gasteiger charge is -2.15. The molecule has 0 radical (unpaired) electrons. The second-order valence-electron chi connectivity index (χ2n) is 5.90. The number of hydrogen-bond donors (Lipinski definition) is 3. The van der Waals surface area contributed by atoms with Gasteiger partial charge in [-0.15, -0.1) is 11.3 Å². The number of nitrogens with one attached hydrogen (secondary N) is 2. The van der Waals surface area contributed by atoms with E-state index in [0.717, 1.165) is 16.1 Å². The molecule has 6 nitrogen and oxygen atoms in total. The summed E-state index contributed by atoms with van der Waals surface area (Å²) in [5.74, 6) is 0.678. The number of benzene rings is 2. The molecule has 26 heavy (non-hydrogen) atoms. The Balaban J connectivity index is 1.73. The number of sulfonamides is 1. The Morgan fingerprint density at radius 3 is 2.81 bits per heavy atom. The van der Waals surface area contributed by atoms with Gasteiger partial charge in [-0.2, -0.15) is 0 Å². The van der Waals surface area contributed by atoms with Crippen LogP contribution in [0.1, 0.15) is 10.4 Å². The lowest BCUT2D eigenvalue weighted by Crippen LogP contribution is -2.12. The van der Waals surface area contributed by atoms with Crippen LogP contribution in [-0.4, -0.2) is 13.5 Å². The zero-order chi connectivity index (χ0) is 18.3. The SMILES string of the molecule is Cc1ccc(S(=O)(=O)Nc2cccc3c2Nc2ccc(O)cc2CO3)s1. The zero-order valence-electron chi connectivity index (χ0n) is 13.8. The van der Waals surface area contributed by atoms with Crippen molar-refractivity contribution in [1.29, 1.82) is 0 Å². The monoisotopic (exact) mass is 388 g/mol. The van der Waals surface area contributed by atoms with E-state index in [1.54, 1.807) is 48.5 Å². The van der Waals surface area contributed by atoms with Gasteiger partial charge in [-0.1, -0.05) is 6.07 Å². The number of anilines is 3. The molecule has 2 heterocycles. The predicted molar refractivity (Wildman–Crippen MR) is 102 cm³/mol. The minimum absolute atomic E-state index is 0.147. The van der Waals surface area contributed by atoms with E-state index < -0.39 is 10.0 Å². The van der Waals surface area contributed by atoms with Gasteiger partial charge in [0.15, 0.2) is 0 Å². The van der Waals surface area contributed by atoms with Gasteiger partial charge in [0.25, 0.3) is 10.0 Å². The van der Waals surface area contributed by atoms with Gasteiger partial charge in [0.05, 0.1) is 5.69 Å². The molecule has 2 aromatic carbocycles. The van der Waals surface area contributed by atoms with Crippen LogP contribution < -0.4 is 14.8 Å². The standard InChI is InChI=1S/C18H16N2O4S2/c1-11-5-8-17(25-11)26(22,23)20-15-3-2-4-16-18(15)19-14-7-6-13(21)9-12(14)10-24-16/h2-9,19-21H,10H2,1H3. The summed E-state index contributed by atoms with van der Waals surface area (Å²) in [6, 6.07) is 13.5. The number of thiophene rings is 1.